The number of piperidine rings is 1. The molecule has 0 saturated carbocycles. The molecule has 0 spiro atoms. The number of likely N-dealkylation sites (tertiary alicyclic amines) is 1. The second-order valence-corrected chi connectivity index (χ2v) is 7.11. The number of halogens is 2. The van der Waals surface area contributed by atoms with Gasteiger partial charge in [0.05, 0.1) is 0 Å². The summed E-state index contributed by atoms with van der Waals surface area (Å²) in [6.45, 7) is 9.86. The molecule has 1 N–H and O–H groups in total. The van der Waals surface area contributed by atoms with E-state index in [2.05, 4.69) is 31.0 Å². The first-order valence-electron chi connectivity index (χ1n) is 7.75. The minimum atomic E-state index is -0.366. The summed E-state index contributed by atoms with van der Waals surface area (Å²) >= 11 is 0. The van der Waals surface area contributed by atoms with Crippen LogP contribution in [0.3, 0.4) is 0 Å². The maximum absolute atomic E-state index is 13.7. The maximum Gasteiger partial charge on any atom is 0.127 e. The Morgan fingerprint density at radius 1 is 1.29 bits per heavy atom. The van der Waals surface area contributed by atoms with Gasteiger partial charge in [-0.1, -0.05) is 0 Å². The lowest BCUT2D eigenvalue weighted by molar-refractivity contribution is 0.158. The van der Waals surface area contributed by atoms with Crippen LogP contribution in [0.1, 0.15) is 39.2 Å². The Morgan fingerprint density at radius 3 is 2.76 bits per heavy atom. The molecule has 118 valence electrons. The lowest BCUT2D eigenvalue weighted by Crippen LogP contribution is -2.44. The van der Waals surface area contributed by atoms with E-state index in [9.17, 15) is 8.78 Å². The van der Waals surface area contributed by atoms with Gasteiger partial charge in [-0.15, -0.1) is 0 Å². The van der Waals surface area contributed by atoms with Gasteiger partial charge in [-0.2, -0.15) is 0 Å². The smallest absolute Gasteiger partial charge is 0.127 e. The molecule has 0 radical (unpaired) electrons. The molecule has 1 unspecified atom stereocenters. The quantitative estimate of drug-likeness (QED) is 0.914. The molecule has 1 aliphatic rings. The standard InChI is InChI=1S/C17H26F2N2/c1-17(2,3)20-10-13-5-4-8-21(11-13)12-14-9-15(18)6-7-16(14)19/h6-7,9,13,20H,4-5,8,10-12H2,1-3H3. The first-order chi connectivity index (χ1) is 9.83. The third-order valence-corrected chi connectivity index (χ3v) is 3.93. The van der Waals surface area contributed by atoms with E-state index >= 15 is 0 Å². The van der Waals surface area contributed by atoms with E-state index in [-0.39, 0.29) is 17.2 Å². The van der Waals surface area contributed by atoms with Crippen molar-refractivity contribution in [3.05, 3.63) is 35.4 Å². The van der Waals surface area contributed by atoms with Crippen molar-refractivity contribution in [2.45, 2.75) is 45.7 Å². The van der Waals surface area contributed by atoms with Gasteiger partial charge >= 0.3 is 0 Å². The number of nitrogens with one attached hydrogen (secondary N) is 1. The highest BCUT2D eigenvalue weighted by Gasteiger charge is 2.22. The molecule has 1 saturated heterocycles. The second-order valence-electron chi connectivity index (χ2n) is 7.11. The van der Waals surface area contributed by atoms with E-state index in [1.165, 1.54) is 24.6 Å². The van der Waals surface area contributed by atoms with E-state index < -0.39 is 0 Å². The fourth-order valence-electron chi connectivity index (χ4n) is 2.82. The molecule has 2 rings (SSSR count). The molecule has 1 atom stereocenters. The number of hydrogen-bond acceptors (Lipinski definition) is 2. The van der Waals surface area contributed by atoms with Crippen LogP contribution >= 0.6 is 0 Å². The highest BCUT2D eigenvalue weighted by Crippen LogP contribution is 2.20. The van der Waals surface area contributed by atoms with Crippen molar-refractivity contribution in [1.29, 1.82) is 0 Å². The summed E-state index contributed by atoms with van der Waals surface area (Å²) < 4.78 is 27.0. The van der Waals surface area contributed by atoms with Gasteiger partial charge < -0.3 is 5.32 Å². The summed E-state index contributed by atoms with van der Waals surface area (Å²) in [4.78, 5) is 2.23. The summed E-state index contributed by atoms with van der Waals surface area (Å²) in [6.07, 6.45) is 2.32. The molecule has 1 fully saturated rings. The zero-order valence-electron chi connectivity index (χ0n) is 13.3. The van der Waals surface area contributed by atoms with Crippen molar-refractivity contribution in [2.75, 3.05) is 19.6 Å². The SMILES string of the molecule is CC(C)(C)NCC1CCCN(Cc2cc(F)ccc2F)C1. The third kappa shape index (κ3) is 5.36. The van der Waals surface area contributed by atoms with Crippen molar-refractivity contribution in [3.63, 3.8) is 0 Å². The topological polar surface area (TPSA) is 15.3 Å². The van der Waals surface area contributed by atoms with Crippen LogP contribution in [-0.4, -0.2) is 30.1 Å². The molecule has 0 aromatic heterocycles. The van der Waals surface area contributed by atoms with Crippen LogP contribution < -0.4 is 5.32 Å². The fraction of sp³-hybridized carbons (Fsp3) is 0.647. The van der Waals surface area contributed by atoms with Crippen LogP contribution in [0.4, 0.5) is 8.78 Å². The highest BCUT2D eigenvalue weighted by molar-refractivity contribution is 5.18. The van der Waals surface area contributed by atoms with Crippen molar-refractivity contribution in [1.82, 2.24) is 10.2 Å². The number of rotatable bonds is 4. The molecule has 1 aromatic rings. The zero-order valence-corrected chi connectivity index (χ0v) is 13.3. The van der Waals surface area contributed by atoms with Crippen LogP contribution in [0, 0.1) is 17.6 Å². The number of nitrogens with zero attached hydrogens (tertiary/aromatic N) is 1. The first-order valence-corrected chi connectivity index (χ1v) is 7.75. The summed E-state index contributed by atoms with van der Waals surface area (Å²) in [7, 11) is 0. The molecule has 21 heavy (non-hydrogen) atoms. The molecular formula is C17H26F2N2. The van der Waals surface area contributed by atoms with E-state index in [0.717, 1.165) is 26.1 Å². The Balaban J connectivity index is 1.90. The summed E-state index contributed by atoms with van der Waals surface area (Å²) in [5.74, 6) is -0.102. The molecule has 0 bridgehead atoms. The van der Waals surface area contributed by atoms with Crippen LogP contribution in [-0.2, 0) is 6.54 Å². The zero-order chi connectivity index (χ0) is 15.5. The second kappa shape index (κ2) is 6.84. The molecule has 1 heterocycles. The van der Waals surface area contributed by atoms with Crippen molar-refractivity contribution < 1.29 is 8.78 Å². The Bertz CT molecular complexity index is 468. The number of benzene rings is 1. The van der Waals surface area contributed by atoms with Gasteiger partial charge in [-0.3, -0.25) is 4.90 Å². The molecule has 0 aliphatic carbocycles. The molecular weight excluding hydrogens is 270 g/mol. The molecule has 1 aromatic carbocycles. The monoisotopic (exact) mass is 296 g/mol. The first kappa shape index (κ1) is 16.4. The molecule has 2 nitrogen and oxygen atoms in total. The Hall–Kier alpha value is -1.00. The van der Waals surface area contributed by atoms with E-state index in [1.54, 1.807) is 0 Å². The van der Waals surface area contributed by atoms with Gasteiger partial charge in [0.25, 0.3) is 0 Å². The summed E-state index contributed by atoms with van der Waals surface area (Å²) in [5, 5.41) is 3.54. The van der Waals surface area contributed by atoms with Gasteiger partial charge in [0.15, 0.2) is 0 Å². The van der Waals surface area contributed by atoms with E-state index in [1.807, 2.05) is 0 Å². The predicted molar refractivity (Wildman–Crippen MR) is 82.1 cm³/mol. The van der Waals surface area contributed by atoms with Gasteiger partial charge in [-0.25, -0.2) is 8.78 Å². The predicted octanol–water partition coefficient (Wildman–Crippen LogP) is 3.56. The molecule has 1 aliphatic heterocycles. The summed E-state index contributed by atoms with van der Waals surface area (Å²) in [5.41, 5.74) is 0.580. The number of hydrogen-bond donors (Lipinski definition) is 1. The largest absolute Gasteiger partial charge is 0.312 e. The normalized spacial score (nSPS) is 20.7. The average molecular weight is 296 g/mol. The fourth-order valence-corrected chi connectivity index (χ4v) is 2.82. The Labute approximate surface area is 126 Å². The van der Waals surface area contributed by atoms with Crippen molar-refractivity contribution in [2.24, 2.45) is 5.92 Å². The minimum absolute atomic E-state index is 0.122. The van der Waals surface area contributed by atoms with Crippen LogP contribution in [0.15, 0.2) is 18.2 Å². The maximum atomic E-state index is 13.7. The van der Waals surface area contributed by atoms with Gasteiger partial charge in [0.1, 0.15) is 11.6 Å². The lowest BCUT2D eigenvalue weighted by atomic mass is 9.96. The third-order valence-electron chi connectivity index (χ3n) is 3.93. The van der Waals surface area contributed by atoms with Crippen LogP contribution in [0.25, 0.3) is 0 Å². The lowest BCUT2D eigenvalue weighted by Gasteiger charge is -2.34. The van der Waals surface area contributed by atoms with E-state index in [4.69, 9.17) is 0 Å². The minimum Gasteiger partial charge on any atom is -0.312 e. The highest BCUT2D eigenvalue weighted by atomic mass is 19.1. The summed E-state index contributed by atoms with van der Waals surface area (Å²) in [6, 6.07) is 3.70. The van der Waals surface area contributed by atoms with Gasteiger partial charge in [0.2, 0.25) is 0 Å². The van der Waals surface area contributed by atoms with E-state index in [0.29, 0.717) is 18.0 Å². The van der Waals surface area contributed by atoms with Crippen LogP contribution in [0.5, 0.6) is 0 Å². The molecule has 0 amide bonds. The van der Waals surface area contributed by atoms with Crippen LogP contribution in [0.2, 0.25) is 0 Å². The Morgan fingerprint density at radius 2 is 2.05 bits per heavy atom. The average Bonchev–Trinajstić information content (AvgIpc) is 2.40. The van der Waals surface area contributed by atoms with Gasteiger partial charge in [-0.05, 0) is 70.8 Å². The van der Waals surface area contributed by atoms with Gasteiger partial charge in [0, 0.05) is 24.2 Å². The van der Waals surface area contributed by atoms with Crippen molar-refractivity contribution >= 4 is 0 Å². The van der Waals surface area contributed by atoms with Crippen molar-refractivity contribution in [3.8, 4) is 0 Å². The molecule has 4 heteroatoms. The Kier molecular flexibility index (Phi) is 5.33.